The summed E-state index contributed by atoms with van der Waals surface area (Å²) in [6, 6.07) is 0. The van der Waals surface area contributed by atoms with E-state index in [1.165, 1.54) is 6.42 Å². The van der Waals surface area contributed by atoms with Crippen LogP contribution in [0.3, 0.4) is 0 Å². The number of nitrogens with two attached hydrogens (primary N) is 1. The summed E-state index contributed by atoms with van der Waals surface area (Å²) in [4.78, 5) is 14.2. The summed E-state index contributed by atoms with van der Waals surface area (Å²) in [6.45, 7) is 7.02. The van der Waals surface area contributed by atoms with Crippen molar-refractivity contribution in [2.45, 2.75) is 46.5 Å². The Morgan fingerprint density at radius 2 is 2.17 bits per heavy atom. The average molecular weight is 255 g/mol. The first-order chi connectivity index (χ1) is 8.42. The molecule has 1 saturated carbocycles. The number of amides is 1. The largest absolute Gasteiger partial charge is 0.409 e. The van der Waals surface area contributed by atoms with E-state index in [-0.39, 0.29) is 29.6 Å². The van der Waals surface area contributed by atoms with E-state index >= 15 is 0 Å². The van der Waals surface area contributed by atoms with Gasteiger partial charge in [0, 0.05) is 12.5 Å². The molecule has 1 unspecified atom stereocenters. The molecule has 1 rings (SSSR count). The highest BCUT2D eigenvalue weighted by atomic mass is 16.4. The van der Waals surface area contributed by atoms with Crippen LogP contribution in [0.1, 0.15) is 46.5 Å². The smallest absolute Gasteiger partial charge is 0.226 e. The maximum absolute atomic E-state index is 12.5. The summed E-state index contributed by atoms with van der Waals surface area (Å²) >= 11 is 0. The quantitative estimate of drug-likeness (QED) is 0.348. The van der Waals surface area contributed by atoms with Gasteiger partial charge in [-0.3, -0.25) is 4.79 Å². The normalized spacial score (nSPS) is 23.7. The standard InChI is InChI=1S/C13H25N3O2/c1-4-16(9-11(14)15-18)12(17)10-7-5-6-8-13(10,2)3/h10,18H,4-9H2,1-3H3,(H2,14,15). The van der Waals surface area contributed by atoms with Crippen molar-refractivity contribution in [1.29, 1.82) is 0 Å². The highest BCUT2D eigenvalue weighted by Gasteiger charge is 2.38. The summed E-state index contributed by atoms with van der Waals surface area (Å²) in [5.74, 6) is 0.269. The zero-order chi connectivity index (χ0) is 13.8. The SMILES string of the molecule is CCN(CC(N)=NO)C(=O)C1CCCCC1(C)C. The number of carbonyl (C=O) groups is 1. The number of likely N-dealkylation sites (N-methyl/N-ethyl adjacent to an activating group) is 1. The number of hydrogen-bond donors (Lipinski definition) is 2. The lowest BCUT2D eigenvalue weighted by atomic mass is 9.68. The molecule has 1 aliphatic rings. The molecule has 1 amide bonds. The van der Waals surface area contributed by atoms with Crippen LogP contribution in [0.15, 0.2) is 5.16 Å². The molecule has 0 aromatic carbocycles. The molecule has 0 aromatic rings. The predicted molar refractivity (Wildman–Crippen MR) is 71.4 cm³/mol. The Labute approximate surface area is 109 Å². The van der Waals surface area contributed by atoms with Crippen LogP contribution < -0.4 is 5.73 Å². The third-order valence-corrected chi connectivity index (χ3v) is 3.98. The molecule has 0 aromatic heterocycles. The van der Waals surface area contributed by atoms with Gasteiger partial charge in [-0.25, -0.2) is 0 Å². The molecule has 5 nitrogen and oxygen atoms in total. The molecule has 1 fully saturated rings. The van der Waals surface area contributed by atoms with Crippen LogP contribution in [-0.2, 0) is 4.79 Å². The first kappa shape index (κ1) is 14.8. The topological polar surface area (TPSA) is 78.9 Å². The summed E-state index contributed by atoms with van der Waals surface area (Å²) in [5.41, 5.74) is 5.54. The van der Waals surface area contributed by atoms with Gasteiger partial charge in [-0.1, -0.05) is 31.8 Å². The van der Waals surface area contributed by atoms with Crippen molar-refractivity contribution < 1.29 is 10.0 Å². The fourth-order valence-corrected chi connectivity index (χ4v) is 2.74. The number of hydrogen-bond acceptors (Lipinski definition) is 3. The molecule has 0 saturated heterocycles. The Kier molecular flexibility index (Phi) is 4.99. The van der Waals surface area contributed by atoms with Crippen molar-refractivity contribution >= 4 is 11.7 Å². The number of amidine groups is 1. The molecule has 18 heavy (non-hydrogen) atoms. The third kappa shape index (κ3) is 3.37. The molecule has 3 N–H and O–H groups in total. The molecule has 104 valence electrons. The Morgan fingerprint density at radius 3 is 2.67 bits per heavy atom. The minimum Gasteiger partial charge on any atom is -0.409 e. The van der Waals surface area contributed by atoms with Crippen LogP contribution in [0.2, 0.25) is 0 Å². The van der Waals surface area contributed by atoms with E-state index in [2.05, 4.69) is 19.0 Å². The molecule has 1 aliphatic carbocycles. The highest BCUT2D eigenvalue weighted by molar-refractivity contribution is 5.88. The maximum Gasteiger partial charge on any atom is 0.226 e. The lowest BCUT2D eigenvalue weighted by Crippen LogP contribution is -2.46. The summed E-state index contributed by atoms with van der Waals surface area (Å²) in [7, 11) is 0. The molecule has 1 atom stereocenters. The first-order valence-corrected chi connectivity index (χ1v) is 6.67. The van der Waals surface area contributed by atoms with Gasteiger partial charge in [0.1, 0.15) is 0 Å². The van der Waals surface area contributed by atoms with Gasteiger partial charge in [-0.15, -0.1) is 0 Å². The monoisotopic (exact) mass is 255 g/mol. The minimum absolute atomic E-state index is 0.0495. The van der Waals surface area contributed by atoms with E-state index in [0.717, 1.165) is 19.3 Å². The lowest BCUT2D eigenvalue weighted by molar-refractivity contribution is -0.140. The fraction of sp³-hybridized carbons (Fsp3) is 0.846. The average Bonchev–Trinajstić information content (AvgIpc) is 2.34. The molecule has 0 aliphatic heterocycles. The van der Waals surface area contributed by atoms with Gasteiger partial charge in [0.15, 0.2) is 5.84 Å². The summed E-state index contributed by atoms with van der Waals surface area (Å²) in [6.07, 6.45) is 4.34. The van der Waals surface area contributed by atoms with Crippen molar-refractivity contribution in [2.24, 2.45) is 22.2 Å². The lowest BCUT2D eigenvalue weighted by Gasteiger charge is -2.40. The minimum atomic E-state index is 0.0495. The maximum atomic E-state index is 12.5. The Morgan fingerprint density at radius 1 is 1.50 bits per heavy atom. The van der Waals surface area contributed by atoms with Crippen LogP contribution in [0.4, 0.5) is 0 Å². The second-order valence-corrected chi connectivity index (χ2v) is 5.73. The van der Waals surface area contributed by atoms with Gasteiger partial charge < -0.3 is 15.8 Å². The van der Waals surface area contributed by atoms with Crippen LogP contribution >= 0.6 is 0 Å². The molecule has 5 heteroatoms. The Bertz CT molecular complexity index is 326. The second kappa shape index (κ2) is 6.07. The van der Waals surface area contributed by atoms with E-state index in [9.17, 15) is 4.79 Å². The molecule has 0 heterocycles. The van der Waals surface area contributed by atoms with Crippen molar-refractivity contribution in [2.75, 3.05) is 13.1 Å². The zero-order valence-corrected chi connectivity index (χ0v) is 11.6. The molecule has 0 bridgehead atoms. The van der Waals surface area contributed by atoms with Crippen LogP contribution in [-0.4, -0.2) is 34.9 Å². The van der Waals surface area contributed by atoms with E-state index in [1.807, 2.05) is 6.92 Å². The molecular weight excluding hydrogens is 230 g/mol. The van der Waals surface area contributed by atoms with E-state index in [0.29, 0.717) is 6.54 Å². The molecule has 0 spiro atoms. The highest BCUT2D eigenvalue weighted by Crippen LogP contribution is 2.41. The number of rotatable bonds is 4. The first-order valence-electron chi connectivity index (χ1n) is 6.67. The van der Waals surface area contributed by atoms with Gasteiger partial charge in [0.25, 0.3) is 0 Å². The summed E-state index contributed by atoms with van der Waals surface area (Å²) in [5, 5.41) is 11.5. The number of nitrogens with zero attached hydrogens (tertiary/aromatic N) is 2. The summed E-state index contributed by atoms with van der Waals surface area (Å²) < 4.78 is 0. The van der Waals surface area contributed by atoms with E-state index in [1.54, 1.807) is 4.90 Å². The van der Waals surface area contributed by atoms with Gasteiger partial charge in [-0.2, -0.15) is 0 Å². The van der Waals surface area contributed by atoms with Gasteiger partial charge in [0.05, 0.1) is 6.54 Å². The number of carbonyl (C=O) groups excluding carboxylic acids is 1. The van der Waals surface area contributed by atoms with Crippen LogP contribution in [0.5, 0.6) is 0 Å². The van der Waals surface area contributed by atoms with E-state index in [4.69, 9.17) is 10.9 Å². The van der Waals surface area contributed by atoms with Gasteiger partial charge in [0.2, 0.25) is 5.91 Å². The molecule has 0 radical (unpaired) electrons. The second-order valence-electron chi connectivity index (χ2n) is 5.73. The van der Waals surface area contributed by atoms with Gasteiger partial charge in [-0.05, 0) is 25.2 Å². The van der Waals surface area contributed by atoms with E-state index < -0.39 is 0 Å². The van der Waals surface area contributed by atoms with Crippen molar-refractivity contribution in [3.8, 4) is 0 Å². The predicted octanol–water partition coefficient (Wildman–Crippen LogP) is 1.80. The van der Waals surface area contributed by atoms with Crippen molar-refractivity contribution in [3.63, 3.8) is 0 Å². The van der Waals surface area contributed by atoms with Crippen LogP contribution in [0.25, 0.3) is 0 Å². The fourth-order valence-electron chi connectivity index (χ4n) is 2.74. The van der Waals surface area contributed by atoms with Crippen LogP contribution in [0, 0.1) is 11.3 Å². The zero-order valence-electron chi connectivity index (χ0n) is 11.6. The Hall–Kier alpha value is -1.26. The third-order valence-electron chi connectivity index (χ3n) is 3.98. The molecular formula is C13H25N3O2. The number of oxime groups is 1. The van der Waals surface area contributed by atoms with Crippen molar-refractivity contribution in [1.82, 2.24) is 4.90 Å². The Balaban J connectivity index is 2.76. The van der Waals surface area contributed by atoms with Crippen molar-refractivity contribution in [3.05, 3.63) is 0 Å². The van der Waals surface area contributed by atoms with Gasteiger partial charge >= 0.3 is 0 Å².